The van der Waals surface area contributed by atoms with Gasteiger partial charge in [-0.1, -0.05) is 36.7 Å². The van der Waals surface area contributed by atoms with Crippen molar-refractivity contribution in [3.05, 3.63) is 59.0 Å². The Bertz CT molecular complexity index is 800. The van der Waals surface area contributed by atoms with Crippen molar-refractivity contribution in [2.75, 3.05) is 19.6 Å². The fraction of sp³-hybridized carbons (Fsp3) is 0.474. The predicted molar refractivity (Wildman–Crippen MR) is 103 cm³/mol. The Morgan fingerprint density at radius 3 is 2.62 bits per heavy atom. The number of nitrogens with zero attached hydrogens (tertiary/aromatic N) is 1. The second-order valence-corrected chi connectivity index (χ2v) is 9.16. The van der Waals surface area contributed by atoms with Crippen LogP contribution in [-0.2, 0) is 15.8 Å². The number of furan rings is 1. The molecule has 0 aliphatic carbocycles. The Morgan fingerprint density at radius 2 is 1.96 bits per heavy atom. The molecule has 7 heteroatoms. The summed E-state index contributed by atoms with van der Waals surface area (Å²) in [5.41, 5.74) is 0.600. The number of nitrogens with one attached hydrogen (secondary N) is 1. The summed E-state index contributed by atoms with van der Waals surface area (Å²) in [5.74, 6) is 1.37. The van der Waals surface area contributed by atoms with Gasteiger partial charge in [-0.05, 0) is 55.6 Å². The Kier molecular flexibility index (Phi) is 6.40. The van der Waals surface area contributed by atoms with Gasteiger partial charge in [0.05, 0.1) is 18.1 Å². The van der Waals surface area contributed by atoms with Crippen molar-refractivity contribution < 1.29 is 12.8 Å². The molecule has 2 heterocycles. The number of halogens is 1. The van der Waals surface area contributed by atoms with E-state index in [1.54, 1.807) is 30.5 Å². The van der Waals surface area contributed by atoms with E-state index >= 15 is 0 Å². The molecule has 1 unspecified atom stereocenters. The molecule has 1 aromatic heterocycles. The van der Waals surface area contributed by atoms with E-state index in [1.807, 2.05) is 12.1 Å². The van der Waals surface area contributed by atoms with Crippen LogP contribution >= 0.6 is 11.6 Å². The molecule has 1 fully saturated rings. The minimum atomic E-state index is -3.50. The van der Waals surface area contributed by atoms with Crippen LogP contribution in [0.2, 0.25) is 5.02 Å². The Balaban J connectivity index is 1.68. The Hall–Kier alpha value is -1.34. The lowest BCUT2D eigenvalue weighted by Crippen LogP contribution is -2.42. The number of hydrogen-bond donors (Lipinski definition) is 1. The lowest BCUT2D eigenvalue weighted by molar-refractivity contribution is 0.125. The molecule has 0 saturated carbocycles. The van der Waals surface area contributed by atoms with Gasteiger partial charge in [0.2, 0.25) is 10.0 Å². The lowest BCUT2D eigenvalue weighted by atomic mass is 9.97. The summed E-state index contributed by atoms with van der Waals surface area (Å²) in [7, 11) is -3.50. The highest BCUT2D eigenvalue weighted by atomic mass is 35.5. The number of benzene rings is 1. The van der Waals surface area contributed by atoms with E-state index in [9.17, 15) is 8.42 Å². The standard InChI is InChI=1S/C19H25ClN2O3S/c1-15-8-10-22(11-9-15)18(19-7-4-12-25-19)13-21-26(23,24)14-16-5-2-3-6-17(16)20/h2-7,12,15,18,21H,8-11,13-14H2,1H3. The number of hydrogen-bond acceptors (Lipinski definition) is 4. The van der Waals surface area contributed by atoms with Gasteiger partial charge in [0.15, 0.2) is 0 Å². The molecule has 26 heavy (non-hydrogen) atoms. The van der Waals surface area contributed by atoms with Gasteiger partial charge in [0.1, 0.15) is 5.76 Å². The van der Waals surface area contributed by atoms with Crippen molar-refractivity contribution in [3.63, 3.8) is 0 Å². The van der Waals surface area contributed by atoms with Gasteiger partial charge >= 0.3 is 0 Å². The smallest absolute Gasteiger partial charge is 0.215 e. The molecule has 1 saturated heterocycles. The maximum absolute atomic E-state index is 12.5. The molecular weight excluding hydrogens is 372 g/mol. The highest BCUT2D eigenvalue weighted by Crippen LogP contribution is 2.27. The van der Waals surface area contributed by atoms with Gasteiger partial charge in [-0.25, -0.2) is 13.1 Å². The normalized spacial score (nSPS) is 18.1. The Morgan fingerprint density at radius 1 is 1.23 bits per heavy atom. The molecule has 0 spiro atoms. The van der Waals surface area contributed by atoms with Crippen molar-refractivity contribution in [2.24, 2.45) is 5.92 Å². The zero-order chi connectivity index (χ0) is 18.6. The van der Waals surface area contributed by atoms with Crippen molar-refractivity contribution in [1.29, 1.82) is 0 Å². The van der Waals surface area contributed by atoms with Gasteiger partial charge in [-0.15, -0.1) is 0 Å². The molecule has 1 atom stereocenters. The monoisotopic (exact) mass is 396 g/mol. The molecule has 0 amide bonds. The van der Waals surface area contributed by atoms with Gasteiger partial charge in [-0.3, -0.25) is 4.90 Å². The third-order valence-electron chi connectivity index (χ3n) is 4.93. The van der Waals surface area contributed by atoms with Crippen LogP contribution in [0.4, 0.5) is 0 Å². The molecule has 0 bridgehead atoms. The van der Waals surface area contributed by atoms with E-state index in [0.29, 0.717) is 16.5 Å². The Labute approximate surface area is 160 Å². The van der Waals surface area contributed by atoms with Crippen molar-refractivity contribution >= 4 is 21.6 Å². The topological polar surface area (TPSA) is 62.6 Å². The summed E-state index contributed by atoms with van der Waals surface area (Å²) in [4.78, 5) is 2.30. The van der Waals surface area contributed by atoms with Crippen LogP contribution in [0, 0.1) is 5.92 Å². The van der Waals surface area contributed by atoms with Crippen LogP contribution in [0.3, 0.4) is 0 Å². The number of sulfonamides is 1. The second kappa shape index (κ2) is 8.57. The van der Waals surface area contributed by atoms with Crippen LogP contribution < -0.4 is 4.72 Å². The van der Waals surface area contributed by atoms with Crippen LogP contribution in [0.5, 0.6) is 0 Å². The summed E-state index contributed by atoms with van der Waals surface area (Å²) in [6.07, 6.45) is 3.86. The maximum atomic E-state index is 12.5. The number of rotatable bonds is 7. The van der Waals surface area contributed by atoms with E-state index in [0.717, 1.165) is 31.7 Å². The first-order valence-corrected chi connectivity index (χ1v) is 11.0. The van der Waals surface area contributed by atoms with Gasteiger partial charge in [-0.2, -0.15) is 0 Å². The minimum absolute atomic E-state index is 0.0986. The SMILES string of the molecule is CC1CCN(C(CNS(=O)(=O)Cc2ccccc2Cl)c2ccco2)CC1. The minimum Gasteiger partial charge on any atom is -0.468 e. The first kappa shape index (κ1) is 19.4. The van der Waals surface area contributed by atoms with Crippen molar-refractivity contribution in [1.82, 2.24) is 9.62 Å². The average molecular weight is 397 g/mol. The number of piperidine rings is 1. The summed E-state index contributed by atoms with van der Waals surface area (Å²) >= 11 is 6.09. The van der Waals surface area contributed by atoms with Crippen LogP contribution in [-0.4, -0.2) is 33.0 Å². The van der Waals surface area contributed by atoms with Gasteiger partial charge < -0.3 is 4.42 Å². The molecule has 1 N–H and O–H groups in total. The van der Waals surface area contributed by atoms with Crippen LogP contribution in [0.1, 0.15) is 37.1 Å². The summed E-state index contributed by atoms with van der Waals surface area (Å²) < 4.78 is 33.4. The second-order valence-electron chi connectivity index (χ2n) is 6.95. The van der Waals surface area contributed by atoms with Gasteiger partial charge in [0.25, 0.3) is 0 Å². The third kappa shape index (κ3) is 5.10. The molecule has 5 nitrogen and oxygen atoms in total. The zero-order valence-corrected chi connectivity index (χ0v) is 16.5. The largest absolute Gasteiger partial charge is 0.468 e. The van der Waals surface area contributed by atoms with Gasteiger partial charge in [0, 0.05) is 11.6 Å². The van der Waals surface area contributed by atoms with Crippen LogP contribution in [0.15, 0.2) is 47.1 Å². The van der Waals surface area contributed by atoms with E-state index in [4.69, 9.17) is 16.0 Å². The first-order chi connectivity index (χ1) is 12.4. The molecule has 1 aromatic carbocycles. The van der Waals surface area contributed by atoms with E-state index in [-0.39, 0.29) is 18.3 Å². The quantitative estimate of drug-likeness (QED) is 0.772. The summed E-state index contributed by atoms with van der Waals surface area (Å²) in [5, 5.41) is 0.463. The van der Waals surface area contributed by atoms with E-state index in [2.05, 4.69) is 16.5 Å². The molecule has 0 radical (unpaired) electrons. The fourth-order valence-electron chi connectivity index (χ4n) is 3.31. The maximum Gasteiger partial charge on any atom is 0.215 e. The van der Waals surface area contributed by atoms with Crippen LogP contribution in [0.25, 0.3) is 0 Å². The number of likely N-dealkylation sites (tertiary alicyclic amines) is 1. The highest BCUT2D eigenvalue weighted by molar-refractivity contribution is 7.88. The predicted octanol–water partition coefficient (Wildman–Crippen LogP) is 3.83. The average Bonchev–Trinajstić information content (AvgIpc) is 3.13. The molecule has 142 valence electrons. The molecule has 1 aliphatic heterocycles. The molecular formula is C19H25ClN2O3S. The van der Waals surface area contributed by atoms with E-state index < -0.39 is 10.0 Å². The zero-order valence-electron chi connectivity index (χ0n) is 14.9. The summed E-state index contributed by atoms with van der Waals surface area (Å²) in [6.45, 7) is 4.43. The molecule has 2 aromatic rings. The molecule has 1 aliphatic rings. The fourth-order valence-corrected chi connectivity index (χ4v) is 4.76. The highest BCUT2D eigenvalue weighted by Gasteiger charge is 2.28. The lowest BCUT2D eigenvalue weighted by Gasteiger charge is -2.35. The van der Waals surface area contributed by atoms with Crippen molar-refractivity contribution in [3.8, 4) is 0 Å². The van der Waals surface area contributed by atoms with E-state index in [1.165, 1.54) is 0 Å². The first-order valence-electron chi connectivity index (χ1n) is 8.93. The summed E-state index contributed by atoms with van der Waals surface area (Å²) in [6, 6.07) is 10.7. The molecule has 3 rings (SSSR count). The third-order valence-corrected chi connectivity index (χ3v) is 6.60. The van der Waals surface area contributed by atoms with Crippen molar-refractivity contribution in [2.45, 2.75) is 31.6 Å².